The largest absolute Gasteiger partial charge is 0.475 e. The summed E-state index contributed by atoms with van der Waals surface area (Å²) in [5, 5.41) is 8.65. The summed E-state index contributed by atoms with van der Waals surface area (Å²) in [6, 6.07) is 2.66. The van der Waals surface area contributed by atoms with Crippen molar-refractivity contribution >= 4 is 15.8 Å². The van der Waals surface area contributed by atoms with Gasteiger partial charge in [-0.15, -0.1) is 0 Å². The van der Waals surface area contributed by atoms with Gasteiger partial charge in [-0.25, -0.2) is 13.2 Å². The van der Waals surface area contributed by atoms with Gasteiger partial charge in [0.05, 0.1) is 5.75 Å². The van der Waals surface area contributed by atoms with Crippen molar-refractivity contribution in [1.82, 2.24) is 0 Å². The minimum Gasteiger partial charge on any atom is -0.475 e. The highest BCUT2D eigenvalue weighted by Crippen LogP contribution is 2.13. The Morgan fingerprint density at radius 2 is 2.00 bits per heavy atom. The summed E-state index contributed by atoms with van der Waals surface area (Å²) < 4.78 is 28.4. The Balaban J connectivity index is 2.51. The first kappa shape index (κ1) is 14.8. The summed E-state index contributed by atoms with van der Waals surface area (Å²) in [6.45, 7) is 2.06. The van der Waals surface area contributed by atoms with Gasteiger partial charge in [0, 0.05) is 0 Å². The van der Waals surface area contributed by atoms with E-state index >= 15 is 0 Å². The first-order valence-electron chi connectivity index (χ1n) is 5.97. The Labute approximate surface area is 107 Å². The molecule has 1 N–H and O–H groups in total. The van der Waals surface area contributed by atoms with Crippen molar-refractivity contribution in [3.63, 3.8) is 0 Å². The minimum absolute atomic E-state index is 0.121. The number of hydrogen-bond acceptors (Lipinski definition) is 4. The van der Waals surface area contributed by atoms with Crippen molar-refractivity contribution in [1.29, 1.82) is 0 Å². The summed E-state index contributed by atoms with van der Waals surface area (Å²) in [5.41, 5.74) is 0. The second kappa shape index (κ2) is 6.58. The minimum atomic E-state index is -3.21. The fourth-order valence-corrected chi connectivity index (χ4v) is 2.99. The maximum absolute atomic E-state index is 11.7. The van der Waals surface area contributed by atoms with Crippen LogP contribution in [-0.4, -0.2) is 25.2 Å². The van der Waals surface area contributed by atoms with Gasteiger partial charge >= 0.3 is 5.97 Å². The van der Waals surface area contributed by atoms with E-state index in [9.17, 15) is 13.2 Å². The first-order chi connectivity index (χ1) is 8.44. The SMILES string of the molecule is CCCCCCS(=O)(=O)Cc1ccc(C(=O)O)o1. The fraction of sp³-hybridized carbons (Fsp3) is 0.583. The zero-order valence-corrected chi connectivity index (χ0v) is 11.2. The van der Waals surface area contributed by atoms with Crippen molar-refractivity contribution < 1.29 is 22.7 Å². The highest BCUT2D eigenvalue weighted by Gasteiger charge is 2.16. The lowest BCUT2D eigenvalue weighted by molar-refractivity contribution is 0.0660. The lowest BCUT2D eigenvalue weighted by atomic mass is 10.2. The molecular formula is C12H18O5S. The quantitative estimate of drug-likeness (QED) is 0.736. The van der Waals surface area contributed by atoms with Crippen LogP contribution in [0.15, 0.2) is 16.5 Å². The Kier molecular flexibility index (Phi) is 5.40. The maximum Gasteiger partial charge on any atom is 0.371 e. The zero-order valence-electron chi connectivity index (χ0n) is 10.4. The lowest BCUT2D eigenvalue weighted by Gasteiger charge is -2.02. The smallest absolute Gasteiger partial charge is 0.371 e. The summed E-state index contributed by atoms with van der Waals surface area (Å²) in [7, 11) is -3.21. The molecule has 0 aromatic carbocycles. The molecule has 0 aliphatic rings. The van der Waals surface area contributed by atoms with Gasteiger partial charge in [0.1, 0.15) is 11.5 Å². The second-order valence-electron chi connectivity index (χ2n) is 4.22. The number of carboxylic acids is 1. The highest BCUT2D eigenvalue weighted by atomic mass is 32.2. The van der Waals surface area contributed by atoms with Crippen LogP contribution in [0.25, 0.3) is 0 Å². The van der Waals surface area contributed by atoms with E-state index in [0.717, 1.165) is 19.3 Å². The molecule has 6 heteroatoms. The maximum atomic E-state index is 11.7. The Bertz CT molecular complexity index is 486. The second-order valence-corrected chi connectivity index (χ2v) is 6.41. The Morgan fingerprint density at radius 3 is 2.56 bits per heavy atom. The monoisotopic (exact) mass is 274 g/mol. The molecule has 0 radical (unpaired) electrons. The van der Waals surface area contributed by atoms with Crippen LogP contribution in [0.2, 0.25) is 0 Å². The summed E-state index contributed by atoms with van der Waals surface area (Å²) in [4.78, 5) is 10.6. The number of rotatable bonds is 8. The van der Waals surface area contributed by atoms with Crippen molar-refractivity contribution in [2.24, 2.45) is 0 Å². The molecule has 0 saturated carbocycles. The van der Waals surface area contributed by atoms with E-state index in [1.54, 1.807) is 0 Å². The highest BCUT2D eigenvalue weighted by molar-refractivity contribution is 7.90. The number of aromatic carboxylic acids is 1. The van der Waals surface area contributed by atoms with Crippen molar-refractivity contribution in [3.8, 4) is 0 Å². The van der Waals surface area contributed by atoms with Crippen LogP contribution in [0.5, 0.6) is 0 Å². The molecule has 0 bridgehead atoms. The molecule has 0 amide bonds. The molecule has 102 valence electrons. The average Bonchev–Trinajstić information content (AvgIpc) is 2.72. The van der Waals surface area contributed by atoms with E-state index in [-0.39, 0.29) is 23.0 Å². The van der Waals surface area contributed by atoms with Gasteiger partial charge in [0.15, 0.2) is 9.84 Å². The van der Waals surface area contributed by atoms with Gasteiger partial charge in [-0.3, -0.25) is 0 Å². The van der Waals surface area contributed by atoms with Crippen LogP contribution in [0.3, 0.4) is 0 Å². The lowest BCUT2D eigenvalue weighted by Crippen LogP contribution is -2.09. The molecule has 0 unspecified atom stereocenters. The summed E-state index contributed by atoms with van der Waals surface area (Å²) in [5.74, 6) is -1.35. The van der Waals surface area contributed by atoms with Crippen LogP contribution in [0, 0.1) is 0 Å². The van der Waals surface area contributed by atoms with Crippen molar-refractivity contribution in [2.75, 3.05) is 5.75 Å². The third kappa shape index (κ3) is 4.91. The number of unbranched alkanes of at least 4 members (excludes halogenated alkanes) is 3. The van der Waals surface area contributed by atoms with Gasteiger partial charge in [-0.2, -0.15) is 0 Å². The molecule has 1 heterocycles. The molecule has 18 heavy (non-hydrogen) atoms. The molecule has 0 saturated heterocycles. The average molecular weight is 274 g/mol. The number of sulfone groups is 1. The van der Waals surface area contributed by atoms with E-state index < -0.39 is 15.8 Å². The summed E-state index contributed by atoms with van der Waals surface area (Å²) in [6.07, 6.45) is 3.62. The van der Waals surface area contributed by atoms with Crippen LogP contribution in [0.4, 0.5) is 0 Å². The predicted molar refractivity (Wildman–Crippen MR) is 67.3 cm³/mol. The number of hydrogen-bond donors (Lipinski definition) is 1. The molecule has 0 aliphatic carbocycles. The first-order valence-corrected chi connectivity index (χ1v) is 7.79. The van der Waals surface area contributed by atoms with Crippen LogP contribution in [0.1, 0.15) is 48.9 Å². The molecule has 0 aliphatic heterocycles. The standard InChI is InChI=1S/C12H18O5S/c1-2-3-4-5-8-18(15,16)9-10-6-7-11(17-10)12(13)14/h6-7H,2-5,8-9H2,1H3,(H,13,14). The third-order valence-electron chi connectivity index (χ3n) is 2.54. The molecule has 0 atom stereocenters. The molecule has 0 spiro atoms. The van der Waals surface area contributed by atoms with E-state index in [2.05, 4.69) is 6.92 Å². The van der Waals surface area contributed by atoms with Crippen LogP contribution >= 0.6 is 0 Å². The van der Waals surface area contributed by atoms with Gasteiger partial charge in [-0.1, -0.05) is 26.2 Å². The van der Waals surface area contributed by atoms with E-state index in [1.165, 1.54) is 12.1 Å². The van der Waals surface area contributed by atoms with Gasteiger partial charge in [0.25, 0.3) is 0 Å². The van der Waals surface area contributed by atoms with Gasteiger partial charge in [-0.05, 0) is 18.6 Å². The van der Waals surface area contributed by atoms with Crippen molar-refractivity contribution in [3.05, 3.63) is 23.7 Å². The van der Waals surface area contributed by atoms with E-state index in [0.29, 0.717) is 6.42 Å². The van der Waals surface area contributed by atoms with Crippen LogP contribution < -0.4 is 0 Å². The fourth-order valence-electron chi connectivity index (χ4n) is 1.61. The van der Waals surface area contributed by atoms with Gasteiger partial charge in [0.2, 0.25) is 5.76 Å². The number of carboxylic acid groups (broad SMARTS) is 1. The molecular weight excluding hydrogens is 256 g/mol. The molecule has 0 fully saturated rings. The predicted octanol–water partition coefficient (Wildman–Crippen LogP) is 2.47. The van der Waals surface area contributed by atoms with Crippen molar-refractivity contribution in [2.45, 2.75) is 38.4 Å². The number of furan rings is 1. The van der Waals surface area contributed by atoms with E-state index in [4.69, 9.17) is 9.52 Å². The van der Waals surface area contributed by atoms with E-state index in [1.807, 2.05) is 0 Å². The molecule has 1 rings (SSSR count). The van der Waals surface area contributed by atoms with Crippen LogP contribution in [-0.2, 0) is 15.6 Å². The summed E-state index contributed by atoms with van der Waals surface area (Å²) >= 11 is 0. The third-order valence-corrected chi connectivity index (χ3v) is 4.18. The van der Waals surface area contributed by atoms with Gasteiger partial charge < -0.3 is 9.52 Å². The zero-order chi connectivity index (χ0) is 13.6. The number of carbonyl (C=O) groups is 1. The topological polar surface area (TPSA) is 84.6 Å². The normalized spacial score (nSPS) is 11.6. The Morgan fingerprint density at radius 1 is 1.28 bits per heavy atom. The molecule has 1 aromatic rings. The molecule has 1 aromatic heterocycles. The molecule has 5 nitrogen and oxygen atoms in total. The Hall–Kier alpha value is -1.30.